The van der Waals surface area contributed by atoms with Gasteiger partial charge in [0.2, 0.25) is 0 Å². The minimum Gasteiger partial charge on any atom is -0.462 e. The molecule has 138 valence electrons. The molecule has 0 N–H and O–H groups in total. The van der Waals surface area contributed by atoms with Gasteiger partial charge >= 0.3 is 5.97 Å². The zero-order valence-corrected chi connectivity index (χ0v) is 16.4. The van der Waals surface area contributed by atoms with E-state index in [9.17, 15) is 4.79 Å². The van der Waals surface area contributed by atoms with Crippen molar-refractivity contribution >= 4 is 5.97 Å². The van der Waals surface area contributed by atoms with Crippen LogP contribution in [0.5, 0.6) is 0 Å². The van der Waals surface area contributed by atoms with Crippen LogP contribution < -0.4 is 0 Å². The van der Waals surface area contributed by atoms with Crippen LogP contribution in [0.15, 0.2) is 23.3 Å². The monoisotopic (exact) mass is 342 g/mol. The second kappa shape index (κ2) is 5.99. The summed E-state index contributed by atoms with van der Waals surface area (Å²) in [5.41, 5.74) is 4.14. The predicted octanol–water partition coefficient (Wildman–Crippen LogP) is 5.83. The van der Waals surface area contributed by atoms with E-state index in [2.05, 4.69) is 32.9 Å². The van der Waals surface area contributed by atoms with E-state index in [-0.39, 0.29) is 12.1 Å². The number of hydrogen-bond acceptors (Lipinski definition) is 2. The van der Waals surface area contributed by atoms with Crippen LogP contribution >= 0.6 is 0 Å². The maximum atomic E-state index is 11.4. The molecule has 2 nitrogen and oxygen atoms in total. The molecule has 25 heavy (non-hydrogen) atoms. The number of ether oxygens (including phenoxy) is 1. The topological polar surface area (TPSA) is 26.3 Å². The van der Waals surface area contributed by atoms with Gasteiger partial charge in [0.25, 0.3) is 0 Å². The van der Waals surface area contributed by atoms with Crippen LogP contribution in [0.25, 0.3) is 0 Å². The average Bonchev–Trinajstić information content (AvgIpc) is 2.91. The molecule has 0 spiro atoms. The van der Waals surface area contributed by atoms with E-state index < -0.39 is 0 Å². The molecule has 4 aliphatic carbocycles. The molecule has 0 unspecified atom stereocenters. The van der Waals surface area contributed by atoms with Gasteiger partial charge in [-0.2, -0.15) is 0 Å². The first-order valence-corrected chi connectivity index (χ1v) is 10.4. The number of allylic oxidation sites excluding steroid dienone is 3. The normalized spacial score (nSPS) is 47.5. The summed E-state index contributed by atoms with van der Waals surface area (Å²) in [5.74, 6) is 2.44. The van der Waals surface area contributed by atoms with Crippen LogP contribution in [0.1, 0.15) is 79.1 Å². The van der Waals surface area contributed by atoms with E-state index in [1.54, 1.807) is 18.1 Å². The first-order valence-electron chi connectivity index (χ1n) is 10.4. The second-order valence-corrected chi connectivity index (χ2v) is 9.54. The number of fused-ring (bicyclic) bond motifs is 5. The third kappa shape index (κ3) is 2.54. The highest BCUT2D eigenvalue weighted by molar-refractivity contribution is 5.66. The molecule has 0 aromatic rings. The maximum absolute atomic E-state index is 11.4. The Hall–Kier alpha value is -1.05. The van der Waals surface area contributed by atoms with Crippen LogP contribution in [0.4, 0.5) is 0 Å². The Kier molecular flexibility index (Phi) is 4.16. The Labute approximate surface area is 153 Å². The summed E-state index contributed by atoms with van der Waals surface area (Å²) >= 11 is 0. The molecular formula is C23H34O2. The summed E-state index contributed by atoms with van der Waals surface area (Å²) in [4.78, 5) is 11.4. The van der Waals surface area contributed by atoms with Crippen LogP contribution in [-0.2, 0) is 9.53 Å². The highest BCUT2D eigenvalue weighted by Gasteiger charge is 2.57. The summed E-state index contributed by atoms with van der Waals surface area (Å²) in [6, 6.07) is 0. The molecule has 0 aromatic carbocycles. The number of esters is 1. The van der Waals surface area contributed by atoms with E-state index in [1.807, 2.05) is 0 Å². The van der Waals surface area contributed by atoms with Gasteiger partial charge in [-0.1, -0.05) is 37.1 Å². The largest absolute Gasteiger partial charge is 0.462 e. The summed E-state index contributed by atoms with van der Waals surface area (Å²) in [7, 11) is 0. The highest BCUT2D eigenvalue weighted by Crippen LogP contribution is 2.66. The number of hydrogen-bond donors (Lipinski definition) is 0. The standard InChI is InChI=1S/C23H34O2/c1-5-16-7-9-20-19-8-6-17-14-18(25-15(2)24)10-12-23(17,4)21(19)11-13-22(16,20)3/h5-6,18-21H,7-14H2,1-4H3/b16-5+/t18-,19+,20-,21+,22-,23-/m0/s1. The quantitative estimate of drug-likeness (QED) is 0.443. The van der Waals surface area contributed by atoms with Crippen LogP contribution in [-0.4, -0.2) is 12.1 Å². The van der Waals surface area contributed by atoms with Crippen molar-refractivity contribution in [1.29, 1.82) is 0 Å². The van der Waals surface area contributed by atoms with Crippen LogP contribution in [0, 0.1) is 28.6 Å². The first kappa shape index (κ1) is 17.4. The Balaban J connectivity index is 1.60. The van der Waals surface area contributed by atoms with E-state index in [0.717, 1.165) is 30.6 Å². The van der Waals surface area contributed by atoms with E-state index in [0.29, 0.717) is 10.8 Å². The Morgan fingerprint density at radius 1 is 1.16 bits per heavy atom. The fourth-order valence-electron chi connectivity index (χ4n) is 7.28. The van der Waals surface area contributed by atoms with Gasteiger partial charge in [-0.05, 0) is 80.5 Å². The lowest BCUT2D eigenvalue weighted by Gasteiger charge is -2.57. The smallest absolute Gasteiger partial charge is 0.302 e. The van der Waals surface area contributed by atoms with Crippen molar-refractivity contribution in [3.05, 3.63) is 23.3 Å². The number of carbonyl (C=O) groups is 1. The van der Waals surface area contributed by atoms with Gasteiger partial charge in [0, 0.05) is 13.3 Å². The van der Waals surface area contributed by atoms with Crippen LogP contribution in [0.3, 0.4) is 0 Å². The van der Waals surface area contributed by atoms with Crippen molar-refractivity contribution < 1.29 is 9.53 Å². The molecule has 3 fully saturated rings. The van der Waals surface area contributed by atoms with Gasteiger partial charge in [-0.25, -0.2) is 0 Å². The SMILES string of the molecule is C/C=C1\CC[C@H]2[C@H]3CC=C4C[C@@H](OC(C)=O)CC[C@]4(C)[C@@H]3CC[C@@]12C. The molecule has 6 atom stereocenters. The van der Waals surface area contributed by atoms with Crippen LogP contribution in [0.2, 0.25) is 0 Å². The number of carbonyl (C=O) groups excluding carboxylic acids is 1. The number of rotatable bonds is 1. The molecule has 0 bridgehead atoms. The molecule has 0 heterocycles. The summed E-state index contributed by atoms with van der Waals surface area (Å²) < 4.78 is 5.55. The van der Waals surface area contributed by atoms with Gasteiger partial charge in [0.15, 0.2) is 0 Å². The van der Waals surface area contributed by atoms with Gasteiger partial charge in [0.1, 0.15) is 6.10 Å². The first-order chi connectivity index (χ1) is 11.9. The van der Waals surface area contributed by atoms with Crippen molar-refractivity contribution in [2.24, 2.45) is 28.6 Å². The van der Waals surface area contributed by atoms with Crippen molar-refractivity contribution in [2.45, 2.75) is 85.2 Å². The fourth-order valence-corrected chi connectivity index (χ4v) is 7.28. The molecule has 0 aromatic heterocycles. The van der Waals surface area contributed by atoms with Crippen molar-refractivity contribution in [3.63, 3.8) is 0 Å². The highest BCUT2D eigenvalue weighted by atomic mass is 16.5. The van der Waals surface area contributed by atoms with E-state index in [4.69, 9.17) is 4.74 Å². The zero-order valence-electron chi connectivity index (χ0n) is 16.4. The summed E-state index contributed by atoms with van der Waals surface area (Å²) in [6.07, 6.45) is 15.0. The van der Waals surface area contributed by atoms with Crippen molar-refractivity contribution in [2.75, 3.05) is 0 Å². The third-order valence-corrected chi connectivity index (χ3v) is 8.59. The molecular weight excluding hydrogens is 308 g/mol. The maximum Gasteiger partial charge on any atom is 0.302 e. The molecule has 3 saturated carbocycles. The Morgan fingerprint density at radius 2 is 1.88 bits per heavy atom. The van der Waals surface area contributed by atoms with E-state index in [1.165, 1.54) is 38.5 Å². The van der Waals surface area contributed by atoms with Crippen molar-refractivity contribution in [1.82, 2.24) is 0 Å². The zero-order chi connectivity index (χ0) is 17.8. The van der Waals surface area contributed by atoms with Gasteiger partial charge in [0.05, 0.1) is 0 Å². The lowest BCUT2D eigenvalue weighted by atomic mass is 9.48. The van der Waals surface area contributed by atoms with Gasteiger partial charge in [-0.15, -0.1) is 0 Å². The summed E-state index contributed by atoms with van der Waals surface area (Å²) in [5, 5.41) is 0. The lowest BCUT2D eigenvalue weighted by molar-refractivity contribution is -0.148. The molecule has 2 heteroatoms. The second-order valence-electron chi connectivity index (χ2n) is 9.54. The fraction of sp³-hybridized carbons (Fsp3) is 0.783. The predicted molar refractivity (Wildman–Crippen MR) is 101 cm³/mol. The summed E-state index contributed by atoms with van der Waals surface area (Å²) in [6.45, 7) is 8.86. The molecule has 0 aliphatic heterocycles. The van der Waals surface area contributed by atoms with Crippen molar-refractivity contribution in [3.8, 4) is 0 Å². The lowest BCUT2D eigenvalue weighted by Crippen LogP contribution is -2.49. The Bertz CT molecular complexity index is 630. The van der Waals surface area contributed by atoms with E-state index >= 15 is 0 Å². The average molecular weight is 343 g/mol. The minimum absolute atomic E-state index is 0.114. The van der Waals surface area contributed by atoms with Gasteiger partial charge in [-0.3, -0.25) is 4.79 Å². The molecule has 0 saturated heterocycles. The molecule has 0 radical (unpaired) electrons. The molecule has 0 amide bonds. The Morgan fingerprint density at radius 3 is 2.60 bits per heavy atom. The molecule has 4 rings (SSSR count). The van der Waals surface area contributed by atoms with Gasteiger partial charge < -0.3 is 4.74 Å². The third-order valence-electron chi connectivity index (χ3n) is 8.59. The minimum atomic E-state index is -0.124. The molecule has 4 aliphatic rings.